The van der Waals surface area contributed by atoms with Gasteiger partial charge in [-0.05, 0) is 36.4 Å². The molecule has 116 valence electrons. The van der Waals surface area contributed by atoms with Gasteiger partial charge in [0.1, 0.15) is 30.8 Å². The molecule has 0 spiro atoms. The highest BCUT2D eigenvalue weighted by Crippen LogP contribution is 2.20. The van der Waals surface area contributed by atoms with E-state index in [9.17, 15) is 4.79 Å². The number of pyridine rings is 1. The zero-order chi connectivity index (χ0) is 15.9. The maximum atomic E-state index is 11.9. The normalized spacial score (nSPS) is 10.3. The summed E-state index contributed by atoms with van der Waals surface area (Å²) in [6.07, 6.45) is 6.29. The van der Waals surface area contributed by atoms with Gasteiger partial charge in [0.15, 0.2) is 0 Å². The quantitative estimate of drug-likeness (QED) is 0.650. The molecule has 0 aliphatic heterocycles. The summed E-state index contributed by atoms with van der Waals surface area (Å²) in [6, 6.07) is 10.3. The molecule has 0 aliphatic rings. The number of hydrogen-bond acceptors (Lipinski definition) is 6. The van der Waals surface area contributed by atoms with E-state index in [1.807, 2.05) is 0 Å². The highest BCUT2D eigenvalue weighted by Gasteiger charge is 2.07. The van der Waals surface area contributed by atoms with E-state index in [1.54, 1.807) is 59.8 Å². The minimum atomic E-state index is -0.391. The molecule has 1 aromatic carbocycles. The first-order valence-electron chi connectivity index (χ1n) is 6.99. The molecule has 0 aliphatic carbocycles. The van der Waals surface area contributed by atoms with Gasteiger partial charge in [-0.25, -0.2) is 14.5 Å². The van der Waals surface area contributed by atoms with Gasteiger partial charge in [-0.3, -0.25) is 4.98 Å². The Bertz CT molecular complexity index is 743. The summed E-state index contributed by atoms with van der Waals surface area (Å²) in [5.41, 5.74) is 0.460. The van der Waals surface area contributed by atoms with Gasteiger partial charge < -0.3 is 9.47 Å². The maximum Gasteiger partial charge on any atom is 0.338 e. The van der Waals surface area contributed by atoms with Crippen molar-refractivity contribution in [1.29, 1.82) is 0 Å². The van der Waals surface area contributed by atoms with Crippen molar-refractivity contribution in [2.45, 2.75) is 6.54 Å². The Morgan fingerprint density at radius 2 is 1.96 bits per heavy atom. The van der Waals surface area contributed by atoms with E-state index in [4.69, 9.17) is 9.47 Å². The smallest absolute Gasteiger partial charge is 0.338 e. The standard InChI is InChI=1S/C16H14N4O3/c21-16(22-9-8-20-12-18-11-19-20)13-3-5-14(6-4-13)23-15-2-1-7-17-10-15/h1-7,10-12H,8-9H2. The minimum absolute atomic E-state index is 0.232. The van der Waals surface area contributed by atoms with Gasteiger partial charge in [-0.2, -0.15) is 5.10 Å². The second-order valence-electron chi connectivity index (χ2n) is 4.61. The summed E-state index contributed by atoms with van der Waals surface area (Å²) in [5.74, 6) is 0.867. The number of carbonyl (C=O) groups excluding carboxylic acids is 1. The Balaban J connectivity index is 1.53. The van der Waals surface area contributed by atoms with Gasteiger partial charge in [-0.1, -0.05) is 0 Å². The fourth-order valence-corrected chi connectivity index (χ4v) is 1.87. The molecule has 2 heterocycles. The van der Waals surface area contributed by atoms with Crippen LogP contribution in [-0.4, -0.2) is 32.3 Å². The third-order valence-corrected chi connectivity index (χ3v) is 2.98. The summed E-state index contributed by atoms with van der Waals surface area (Å²) in [4.78, 5) is 19.7. The molecule has 3 rings (SSSR count). The van der Waals surface area contributed by atoms with Gasteiger partial charge in [0.25, 0.3) is 0 Å². The van der Waals surface area contributed by atoms with Crippen LogP contribution in [0.4, 0.5) is 0 Å². The van der Waals surface area contributed by atoms with Crippen LogP contribution in [0.25, 0.3) is 0 Å². The number of benzene rings is 1. The fourth-order valence-electron chi connectivity index (χ4n) is 1.87. The van der Waals surface area contributed by atoms with Crippen molar-refractivity contribution in [3.05, 3.63) is 67.0 Å². The van der Waals surface area contributed by atoms with Crippen LogP contribution in [0.1, 0.15) is 10.4 Å². The zero-order valence-corrected chi connectivity index (χ0v) is 12.2. The number of nitrogens with zero attached hydrogens (tertiary/aromatic N) is 4. The number of carbonyl (C=O) groups is 1. The average Bonchev–Trinajstić information content (AvgIpc) is 3.10. The van der Waals surface area contributed by atoms with Crippen molar-refractivity contribution in [2.24, 2.45) is 0 Å². The Morgan fingerprint density at radius 3 is 2.65 bits per heavy atom. The molecule has 0 amide bonds. The van der Waals surface area contributed by atoms with Crippen molar-refractivity contribution in [3.63, 3.8) is 0 Å². The van der Waals surface area contributed by atoms with Gasteiger partial charge >= 0.3 is 5.97 Å². The first-order chi connectivity index (χ1) is 11.3. The summed E-state index contributed by atoms with van der Waals surface area (Å²) in [6.45, 7) is 0.698. The van der Waals surface area contributed by atoms with Gasteiger partial charge in [0, 0.05) is 6.20 Å². The summed E-state index contributed by atoms with van der Waals surface area (Å²) >= 11 is 0. The predicted octanol–water partition coefficient (Wildman–Crippen LogP) is 2.32. The molecule has 23 heavy (non-hydrogen) atoms. The van der Waals surface area contributed by atoms with Crippen molar-refractivity contribution in [2.75, 3.05) is 6.61 Å². The fraction of sp³-hybridized carbons (Fsp3) is 0.125. The lowest BCUT2D eigenvalue weighted by molar-refractivity contribution is 0.0487. The Labute approximate surface area is 132 Å². The molecule has 0 radical (unpaired) electrons. The third-order valence-electron chi connectivity index (χ3n) is 2.98. The van der Waals surface area contributed by atoms with Crippen LogP contribution in [-0.2, 0) is 11.3 Å². The van der Waals surface area contributed by atoms with Crippen LogP contribution < -0.4 is 4.74 Å². The van der Waals surface area contributed by atoms with Gasteiger partial charge in [0.2, 0.25) is 0 Å². The van der Waals surface area contributed by atoms with E-state index in [1.165, 1.54) is 6.33 Å². The molecule has 0 saturated heterocycles. The van der Waals surface area contributed by atoms with Crippen molar-refractivity contribution in [3.8, 4) is 11.5 Å². The molecule has 0 N–H and O–H groups in total. The molecule has 2 aromatic heterocycles. The Kier molecular flexibility index (Phi) is 4.58. The topological polar surface area (TPSA) is 79.1 Å². The van der Waals surface area contributed by atoms with Gasteiger partial charge in [-0.15, -0.1) is 0 Å². The van der Waals surface area contributed by atoms with Crippen LogP contribution in [0.5, 0.6) is 11.5 Å². The molecule has 7 heteroatoms. The van der Waals surface area contributed by atoms with Crippen molar-refractivity contribution in [1.82, 2.24) is 19.7 Å². The summed E-state index contributed by atoms with van der Waals surface area (Å²) in [7, 11) is 0. The number of esters is 1. The molecular formula is C16H14N4O3. The van der Waals surface area contributed by atoms with Crippen LogP contribution in [0.2, 0.25) is 0 Å². The summed E-state index contributed by atoms with van der Waals surface area (Å²) in [5, 5.41) is 3.93. The molecule has 7 nitrogen and oxygen atoms in total. The lowest BCUT2D eigenvalue weighted by atomic mass is 10.2. The van der Waals surface area contributed by atoms with E-state index in [2.05, 4.69) is 15.1 Å². The minimum Gasteiger partial charge on any atom is -0.460 e. The van der Waals surface area contributed by atoms with E-state index < -0.39 is 5.97 Å². The van der Waals surface area contributed by atoms with Crippen molar-refractivity contribution < 1.29 is 14.3 Å². The van der Waals surface area contributed by atoms with Crippen LogP contribution in [0.3, 0.4) is 0 Å². The number of hydrogen-bond donors (Lipinski definition) is 0. The number of ether oxygens (including phenoxy) is 2. The second-order valence-corrected chi connectivity index (χ2v) is 4.61. The van der Waals surface area contributed by atoms with E-state index in [-0.39, 0.29) is 6.61 Å². The van der Waals surface area contributed by atoms with Crippen LogP contribution in [0, 0.1) is 0 Å². The Hall–Kier alpha value is -3.22. The van der Waals surface area contributed by atoms with Crippen molar-refractivity contribution >= 4 is 5.97 Å². The lowest BCUT2D eigenvalue weighted by Gasteiger charge is -2.07. The summed E-state index contributed by atoms with van der Waals surface area (Å²) < 4.78 is 12.4. The molecule has 0 atom stereocenters. The maximum absolute atomic E-state index is 11.9. The van der Waals surface area contributed by atoms with E-state index in [0.717, 1.165) is 0 Å². The third kappa shape index (κ3) is 4.13. The molecule has 3 aromatic rings. The number of aromatic nitrogens is 4. The molecule has 0 unspecified atom stereocenters. The van der Waals surface area contributed by atoms with E-state index in [0.29, 0.717) is 23.6 Å². The predicted molar refractivity (Wildman–Crippen MR) is 81.1 cm³/mol. The lowest BCUT2D eigenvalue weighted by Crippen LogP contribution is -2.11. The molecular weight excluding hydrogens is 296 g/mol. The number of rotatable bonds is 6. The average molecular weight is 310 g/mol. The second kappa shape index (κ2) is 7.17. The largest absolute Gasteiger partial charge is 0.460 e. The first-order valence-corrected chi connectivity index (χ1v) is 6.99. The van der Waals surface area contributed by atoms with Gasteiger partial charge in [0.05, 0.1) is 18.3 Å². The van der Waals surface area contributed by atoms with Crippen LogP contribution >= 0.6 is 0 Å². The molecule has 0 saturated carbocycles. The monoisotopic (exact) mass is 310 g/mol. The first kappa shape index (κ1) is 14.7. The van der Waals surface area contributed by atoms with E-state index >= 15 is 0 Å². The highest BCUT2D eigenvalue weighted by atomic mass is 16.5. The zero-order valence-electron chi connectivity index (χ0n) is 12.2. The molecule has 0 fully saturated rings. The highest BCUT2D eigenvalue weighted by molar-refractivity contribution is 5.89. The molecule has 0 bridgehead atoms. The SMILES string of the molecule is O=C(OCCn1cncn1)c1ccc(Oc2cccnc2)cc1. The Morgan fingerprint density at radius 1 is 1.09 bits per heavy atom. The van der Waals surface area contributed by atoms with Crippen LogP contribution in [0.15, 0.2) is 61.4 Å².